The molecule has 14 heavy (non-hydrogen) atoms. The molecule has 0 saturated heterocycles. The normalized spacial score (nSPS) is 9.86. The Labute approximate surface area is 85.5 Å². The van der Waals surface area contributed by atoms with Crippen LogP contribution in [0.5, 0.6) is 0 Å². The van der Waals surface area contributed by atoms with E-state index in [1.54, 1.807) is 6.92 Å². The molecule has 0 heterocycles. The van der Waals surface area contributed by atoms with E-state index in [0.29, 0.717) is 6.42 Å². The standard InChI is InChI=1S/C12H17NO/c1-11(14)7-6-10-13(2)12-8-4-3-5-9-12/h3-5,8-9H,6-7,10H2,1-2H3. The summed E-state index contributed by atoms with van der Waals surface area (Å²) in [4.78, 5) is 12.9. The Hall–Kier alpha value is -1.31. The van der Waals surface area contributed by atoms with Crippen molar-refractivity contribution in [1.29, 1.82) is 0 Å². The molecule has 0 saturated carbocycles. The fourth-order valence-corrected chi connectivity index (χ4v) is 1.38. The predicted molar refractivity (Wildman–Crippen MR) is 59.6 cm³/mol. The average Bonchev–Trinajstić information content (AvgIpc) is 2.18. The summed E-state index contributed by atoms with van der Waals surface area (Å²) >= 11 is 0. The second-order valence-corrected chi connectivity index (χ2v) is 3.56. The Morgan fingerprint density at radius 3 is 2.50 bits per heavy atom. The molecule has 0 radical (unpaired) electrons. The highest BCUT2D eigenvalue weighted by molar-refractivity contribution is 5.75. The number of hydrogen-bond acceptors (Lipinski definition) is 2. The van der Waals surface area contributed by atoms with Crippen LogP contribution in [0.25, 0.3) is 0 Å². The maximum atomic E-state index is 10.7. The first-order chi connectivity index (χ1) is 6.70. The second-order valence-electron chi connectivity index (χ2n) is 3.56. The molecule has 0 spiro atoms. The van der Waals surface area contributed by atoms with Crippen LogP contribution >= 0.6 is 0 Å². The highest BCUT2D eigenvalue weighted by Gasteiger charge is 2.00. The topological polar surface area (TPSA) is 20.3 Å². The molecule has 2 nitrogen and oxygen atoms in total. The molecule has 76 valence electrons. The predicted octanol–water partition coefficient (Wildman–Crippen LogP) is 2.49. The number of Topliss-reactive ketones (excluding diaryl/α,β-unsaturated/α-hetero) is 1. The van der Waals surface area contributed by atoms with E-state index in [2.05, 4.69) is 24.1 Å². The van der Waals surface area contributed by atoms with Crippen LogP contribution in [0.4, 0.5) is 5.69 Å². The minimum Gasteiger partial charge on any atom is -0.375 e. The summed E-state index contributed by atoms with van der Waals surface area (Å²) < 4.78 is 0. The number of rotatable bonds is 5. The molecular weight excluding hydrogens is 174 g/mol. The van der Waals surface area contributed by atoms with E-state index in [0.717, 1.165) is 13.0 Å². The molecule has 0 amide bonds. The summed E-state index contributed by atoms with van der Waals surface area (Å²) in [5.41, 5.74) is 1.20. The molecule has 0 aliphatic carbocycles. The van der Waals surface area contributed by atoms with Crippen LogP contribution in [0.2, 0.25) is 0 Å². The first-order valence-corrected chi connectivity index (χ1v) is 4.96. The lowest BCUT2D eigenvalue weighted by atomic mass is 10.2. The molecule has 1 aromatic carbocycles. The van der Waals surface area contributed by atoms with Gasteiger partial charge in [0.15, 0.2) is 0 Å². The summed E-state index contributed by atoms with van der Waals surface area (Å²) in [5.74, 6) is 0.270. The van der Waals surface area contributed by atoms with Gasteiger partial charge in [0.1, 0.15) is 5.78 Å². The van der Waals surface area contributed by atoms with Gasteiger partial charge in [0, 0.05) is 25.7 Å². The minimum atomic E-state index is 0.270. The van der Waals surface area contributed by atoms with Gasteiger partial charge in [-0.15, -0.1) is 0 Å². The number of carbonyl (C=O) groups excluding carboxylic acids is 1. The van der Waals surface area contributed by atoms with Gasteiger partial charge in [-0.3, -0.25) is 0 Å². The van der Waals surface area contributed by atoms with E-state index in [1.807, 2.05) is 18.2 Å². The summed E-state index contributed by atoms with van der Waals surface area (Å²) in [5, 5.41) is 0. The number of anilines is 1. The molecule has 0 N–H and O–H groups in total. The van der Waals surface area contributed by atoms with Crippen LogP contribution in [0.15, 0.2) is 30.3 Å². The van der Waals surface area contributed by atoms with Crippen molar-refractivity contribution in [3.8, 4) is 0 Å². The summed E-state index contributed by atoms with van der Waals surface area (Å²) in [6.45, 7) is 2.58. The number of carbonyl (C=O) groups is 1. The zero-order chi connectivity index (χ0) is 10.4. The molecule has 0 unspecified atom stereocenters. The molecule has 0 fully saturated rings. The van der Waals surface area contributed by atoms with Crippen molar-refractivity contribution in [2.75, 3.05) is 18.5 Å². The molecule has 1 aromatic rings. The van der Waals surface area contributed by atoms with Crippen LogP contribution in [-0.4, -0.2) is 19.4 Å². The smallest absolute Gasteiger partial charge is 0.129 e. The van der Waals surface area contributed by atoms with E-state index < -0.39 is 0 Å². The largest absolute Gasteiger partial charge is 0.375 e. The van der Waals surface area contributed by atoms with Crippen molar-refractivity contribution >= 4 is 11.5 Å². The number of hydrogen-bond donors (Lipinski definition) is 0. The molecular formula is C12H17NO. The summed E-state index contributed by atoms with van der Waals surface area (Å²) in [7, 11) is 2.05. The van der Waals surface area contributed by atoms with E-state index in [4.69, 9.17) is 0 Å². The number of ketones is 1. The third-order valence-corrected chi connectivity index (χ3v) is 2.22. The number of benzene rings is 1. The Morgan fingerprint density at radius 1 is 1.29 bits per heavy atom. The van der Waals surface area contributed by atoms with Crippen molar-refractivity contribution in [3.05, 3.63) is 30.3 Å². The lowest BCUT2D eigenvalue weighted by molar-refractivity contribution is -0.117. The third kappa shape index (κ3) is 3.60. The molecule has 0 aliphatic rings. The van der Waals surface area contributed by atoms with E-state index >= 15 is 0 Å². The number of para-hydroxylation sites is 1. The van der Waals surface area contributed by atoms with Gasteiger partial charge in [0.2, 0.25) is 0 Å². The zero-order valence-corrected chi connectivity index (χ0v) is 8.86. The van der Waals surface area contributed by atoms with Crippen LogP contribution in [0, 0.1) is 0 Å². The van der Waals surface area contributed by atoms with Crippen molar-refractivity contribution in [2.45, 2.75) is 19.8 Å². The van der Waals surface area contributed by atoms with Gasteiger partial charge in [0.25, 0.3) is 0 Å². The van der Waals surface area contributed by atoms with Gasteiger partial charge in [0.05, 0.1) is 0 Å². The Kier molecular flexibility index (Phi) is 4.17. The second kappa shape index (κ2) is 5.43. The van der Waals surface area contributed by atoms with E-state index in [9.17, 15) is 4.79 Å². The fraction of sp³-hybridized carbons (Fsp3) is 0.417. The summed E-state index contributed by atoms with van der Waals surface area (Å²) in [6, 6.07) is 10.2. The van der Waals surface area contributed by atoms with Gasteiger partial charge >= 0.3 is 0 Å². The van der Waals surface area contributed by atoms with Crippen LogP contribution in [-0.2, 0) is 4.79 Å². The van der Waals surface area contributed by atoms with E-state index in [-0.39, 0.29) is 5.78 Å². The first-order valence-electron chi connectivity index (χ1n) is 4.96. The van der Waals surface area contributed by atoms with Gasteiger partial charge in [-0.25, -0.2) is 0 Å². The Balaban J connectivity index is 2.36. The minimum absolute atomic E-state index is 0.270. The van der Waals surface area contributed by atoms with Crippen LogP contribution in [0.1, 0.15) is 19.8 Å². The molecule has 0 atom stereocenters. The lowest BCUT2D eigenvalue weighted by Crippen LogP contribution is -2.18. The molecule has 1 rings (SSSR count). The highest BCUT2D eigenvalue weighted by Crippen LogP contribution is 2.11. The highest BCUT2D eigenvalue weighted by atomic mass is 16.1. The molecule has 0 bridgehead atoms. The maximum absolute atomic E-state index is 10.7. The van der Waals surface area contributed by atoms with Gasteiger partial charge < -0.3 is 9.69 Å². The quantitative estimate of drug-likeness (QED) is 0.712. The van der Waals surface area contributed by atoms with Crippen molar-refractivity contribution in [2.24, 2.45) is 0 Å². The Morgan fingerprint density at radius 2 is 1.93 bits per heavy atom. The van der Waals surface area contributed by atoms with Crippen molar-refractivity contribution in [1.82, 2.24) is 0 Å². The molecule has 0 aliphatic heterocycles. The lowest BCUT2D eigenvalue weighted by Gasteiger charge is -2.18. The SMILES string of the molecule is CC(=O)CCCN(C)c1ccccc1. The third-order valence-electron chi connectivity index (χ3n) is 2.22. The maximum Gasteiger partial charge on any atom is 0.129 e. The van der Waals surface area contributed by atoms with Gasteiger partial charge in [-0.1, -0.05) is 18.2 Å². The monoisotopic (exact) mass is 191 g/mol. The average molecular weight is 191 g/mol. The van der Waals surface area contributed by atoms with Gasteiger partial charge in [-0.2, -0.15) is 0 Å². The van der Waals surface area contributed by atoms with Crippen LogP contribution < -0.4 is 4.90 Å². The van der Waals surface area contributed by atoms with Crippen molar-refractivity contribution < 1.29 is 4.79 Å². The Bertz CT molecular complexity index is 282. The van der Waals surface area contributed by atoms with Gasteiger partial charge in [-0.05, 0) is 25.5 Å². The molecule has 0 aromatic heterocycles. The first kappa shape index (κ1) is 10.8. The van der Waals surface area contributed by atoms with Crippen LogP contribution in [0.3, 0.4) is 0 Å². The summed E-state index contributed by atoms with van der Waals surface area (Å²) in [6.07, 6.45) is 1.61. The number of nitrogens with zero attached hydrogens (tertiary/aromatic N) is 1. The zero-order valence-electron chi connectivity index (χ0n) is 8.86. The fourth-order valence-electron chi connectivity index (χ4n) is 1.38. The van der Waals surface area contributed by atoms with Crippen molar-refractivity contribution in [3.63, 3.8) is 0 Å². The molecule has 2 heteroatoms. The van der Waals surface area contributed by atoms with E-state index in [1.165, 1.54) is 5.69 Å².